The summed E-state index contributed by atoms with van der Waals surface area (Å²) in [5.41, 5.74) is 4.01. The molecule has 5 rings (SSSR count). The molecule has 4 aromatic rings. The second kappa shape index (κ2) is 6.78. The number of aromatic nitrogens is 6. The van der Waals surface area contributed by atoms with Gasteiger partial charge in [0.15, 0.2) is 0 Å². The van der Waals surface area contributed by atoms with Crippen LogP contribution in [-0.4, -0.2) is 29.8 Å². The van der Waals surface area contributed by atoms with Crippen LogP contribution >= 0.6 is 0 Å². The van der Waals surface area contributed by atoms with E-state index in [1.165, 1.54) is 0 Å². The van der Waals surface area contributed by atoms with Crippen LogP contribution < -0.4 is 0 Å². The van der Waals surface area contributed by atoms with Crippen LogP contribution in [0.1, 0.15) is 19.3 Å². The normalized spacial score (nSPS) is 20.4. The third-order valence-corrected chi connectivity index (χ3v) is 5.79. The van der Waals surface area contributed by atoms with E-state index in [1.807, 2.05) is 37.6 Å². The summed E-state index contributed by atoms with van der Waals surface area (Å²) in [6.45, 7) is 0. The van der Waals surface area contributed by atoms with Crippen LogP contribution in [-0.2, 0) is 12.6 Å². The molecule has 0 amide bonds. The first kappa shape index (κ1) is 18.0. The van der Waals surface area contributed by atoms with Gasteiger partial charge in [0, 0.05) is 36.0 Å². The summed E-state index contributed by atoms with van der Waals surface area (Å²) in [4.78, 5) is 6.17. The number of aryl methyl sites for hydroxylation is 1. The molecule has 1 aliphatic carbocycles. The zero-order chi connectivity index (χ0) is 20.7. The van der Waals surface area contributed by atoms with Gasteiger partial charge in [-0.15, -0.1) is 0 Å². The highest BCUT2D eigenvalue weighted by molar-refractivity contribution is 5.97. The number of hydrogen-bond donors (Lipinski definition) is 0. The number of fused-ring (bicyclic) bond motifs is 1. The van der Waals surface area contributed by atoms with Crippen molar-refractivity contribution >= 4 is 10.9 Å². The predicted octanol–water partition coefficient (Wildman–Crippen LogP) is 3.44. The monoisotopic (exact) mass is 394 g/mol. The predicted molar refractivity (Wildman–Crippen MR) is 110 cm³/mol. The third kappa shape index (κ3) is 2.82. The fraction of sp³-hybridized carbons (Fsp3) is 0.273. The van der Waals surface area contributed by atoms with E-state index in [0.29, 0.717) is 12.8 Å². The molecule has 0 radical (unpaired) electrons. The van der Waals surface area contributed by atoms with Crippen molar-refractivity contribution in [3.8, 4) is 34.5 Å². The molecule has 3 heterocycles. The number of nitriles is 2. The van der Waals surface area contributed by atoms with Crippen molar-refractivity contribution in [2.75, 3.05) is 0 Å². The molecule has 0 unspecified atom stereocenters. The highest BCUT2D eigenvalue weighted by Gasteiger charge is 2.48. The van der Waals surface area contributed by atoms with Crippen molar-refractivity contribution in [3.05, 3.63) is 49.1 Å². The summed E-state index contributed by atoms with van der Waals surface area (Å²) in [6, 6.07) is 12.6. The zero-order valence-corrected chi connectivity index (χ0v) is 16.4. The lowest BCUT2D eigenvalue weighted by Crippen LogP contribution is -2.47. The first-order chi connectivity index (χ1) is 14.6. The van der Waals surface area contributed by atoms with Crippen LogP contribution in [0.5, 0.6) is 0 Å². The molecule has 0 spiro atoms. The van der Waals surface area contributed by atoms with Crippen molar-refractivity contribution in [1.29, 1.82) is 10.5 Å². The first-order valence-corrected chi connectivity index (χ1v) is 9.69. The Morgan fingerprint density at radius 1 is 1.17 bits per heavy atom. The highest BCUT2D eigenvalue weighted by atomic mass is 15.5. The van der Waals surface area contributed by atoms with E-state index in [0.717, 1.165) is 33.3 Å². The van der Waals surface area contributed by atoms with E-state index >= 15 is 0 Å². The van der Waals surface area contributed by atoms with Crippen LogP contribution in [0.4, 0.5) is 0 Å². The molecule has 30 heavy (non-hydrogen) atoms. The quantitative estimate of drug-likeness (QED) is 0.524. The molecule has 1 aliphatic rings. The van der Waals surface area contributed by atoms with Gasteiger partial charge in [-0.2, -0.15) is 30.6 Å². The lowest BCUT2D eigenvalue weighted by Gasteiger charge is -2.42. The molecule has 0 saturated heterocycles. The van der Waals surface area contributed by atoms with Gasteiger partial charge in [-0.05, 0) is 36.6 Å². The minimum atomic E-state index is -0.498. The molecule has 0 atom stereocenters. The minimum Gasteiger partial charge on any atom is -0.275 e. The van der Waals surface area contributed by atoms with Crippen molar-refractivity contribution in [3.63, 3.8) is 0 Å². The maximum atomic E-state index is 9.30. The molecule has 1 saturated carbocycles. The molecule has 8 heteroatoms. The maximum absolute atomic E-state index is 9.30. The van der Waals surface area contributed by atoms with Crippen LogP contribution in [0.25, 0.3) is 33.3 Å². The van der Waals surface area contributed by atoms with Gasteiger partial charge in [-0.3, -0.25) is 9.67 Å². The van der Waals surface area contributed by atoms with Gasteiger partial charge in [0.05, 0.1) is 47.9 Å². The average Bonchev–Trinajstić information content (AvgIpc) is 3.39. The molecule has 1 aromatic carbocycles. The zero-order valence-electron chi connectivity index (χ0n) is 16.4. The topological polar surface area (TPSA) is 109 Å². The number of nitrogens with zero attached hydrogens (tertiary/aromatic N) is 8. The molecule has 3 aromatic heterocycles. The van der Waals surface area contributed by atoms with Crippen molar-refractivity contribution in [2.24, 2.45) is 13.0 Å². The summed E-state index contributed by atoms with van der Waals surface area (Å²) in [5, 5.41) is 33.0. The fourth-order valence-electron chi connectivity index (χ4n) is 4.22. The Bertz CT molecular complexity index is 1330. The van der Waals surface area contributed by atoms with Gasteiger partial charge in [-0.25, -0.2) is 0 Å². The van der Waals surface area contributed by atoms with Crippen LogP contribution in [0.3, 0.4) is 0 Å². The van der Waals surface area contributed by atoms with E-state index in [1.54, 1.807) is 21.9 Å². The molecule has 1 fully saturated rings. The Kier molecular flexibility index (Phi) is 4.07. The van der Waals surface area contributed by atoms with E-state index in [2.05, 4.69) is 33.4 Å². The lowest BCUT2D eigenvalue weighted by molar-refractivity contribution is 0.0713. The Hall–Kier alpha value is -4.04. The molecule has 0 bridgehead atoms. The number of pyridine rings is 1. The van der Waals surface area contributed by atoms with Gasteiger partial charge in [-0.1, -0.05) is 6.07 Å². The van der Waals surface area contributed by atoms with Gasteiger partial charge in [0.25, 0.3) is 0 Å². The number of hydrogen-bond acceptors (Lipinski definition) is 6. The SMILES string of the molecule is Cn1cc(-c2cc(-c3cnn([C@]4(CC#N)C[C@@H](C#N)C4)n3)c3cccnc3c2)cn1. The second-order valence-corrected chi connectivity index (χ2v) is 7.81. The molecule has 0 aliphatic heterocycles. The van der Waals surface area contributed by atoms with Gasteiger partial charge in [0.1, 0.15) is 5.69 Å². The number of rotatable bonds is 4. The molecule has 0 N–H and O–H groups in total. The minimum absolute atomic E-state index is 0.0493. The molecule has 8 nitrogen and oxygen atoms in total. The van der Waals surface area contributed by atoms with Crippen LogP contribution in [0.2, 0.25) is 0 Å². The maximum Gasteiger partial charge on any atom is 0.113 e. The molecular formula is C22H18N8. The lowest BCUT2D eigenvalue weighted by atomic mass is 9.68. The Morgan fingerprint density at radius 3 is 2.77 bits per heavy atom. The van der Waals surface area contributed by atoms with E-state index in [4.69, 9.17) is 5.10 Å². The van der Waals surface area contributed by atoms with Crippen LogP contribution in [0, 0.1) is 28.6 Å². The first-order valence-electron chi connectivity index (χ1n) is 9.69. The van der Waals surface area contributed by atoms with Crippen molar-refractivity contribution < 1.29 is 0 Å². The Morgan fingerprint density at radius 2 is 2.03 bits per heavy atom. The van der Waals surface area contributed by atoms with Gasteiger partial charge in [0.2, 0.25) is 0 Å². The van der Waals surface area contributed by atoms with Gasteiger partial charge < -0.3 is 0 Å². The highest BCUT2D eigenvalue weighted by Crippen LogP contribution is 2.45. The Labute approximate surface area is 173 Å². The summed E-state index contributed by atoms with van der Waals surface area (Å²) in [7, 11) is 1.89. The molecule has 146 valence electrons. The molecular weight excluding hydrogens is 376 g/mol. The summed E-state index contributed by atoms with van der Waals surface area (Å²) in [6.07, 6.45) is 8.78. The third-order valence-electron chi connectivity index (χ3n) is 5.79. The van der Waals surface area contributed by atoms with Crippen molar-refractivity contribution in [1.82, 2.24) is 29.8 Å². The average molecular weight is 394 g/mol. The Balaban J connectivity index is 1.62. The number of benzene rings is 1. The summed E-state index contributed by atoms with van der Waals surface area (Å²) < 4.78 is 1.77. The van der Waals surface area contributed by atoms with E-state index in [9.17, 15) is 10.5 Å². The largest absolute Gasteiger partial charge is 0.275 e. The summed E-state index contributed by atoms with van der Waals surface area (Å²) >= 11 is 0. The van der Waals surface area contributed by atoms with E-state index in [-0.39, 0.29) is 12.3 Å². The fourth-order valence-corrected chi connectivity index (χ4v) is 4.22. The standard InChI is InChI=1S/C22H18N8/c1-29-14-17(12-26-29)16-7-19(18-3-2-6-25-20(18)8-16)21-13-27-30(28-21)22(4-5-23)9-15(10-22)11-24/h2-3,6-8,12-15H,4,9-10H2,1H3/t15-,22-. The summed E-state index contributed by atoms with van der Waals surface area (Å²) in [5.74, 6) is -0.0493. The van der Waals surface area contributed by atoms with Gasteiger partial charge >= 0.3 is 0 Å². The smallest absolute Gasteiger partial charge is 0.113 e. The van der Waals surface area contributed by atoms with E-state index < -0.39 is 5.54 Å². The van der Waals surface area contributed by atoms with Crippen LogP contribution in [0.15, 0.2) is 49.1 Å². The van der Waals surface area contributed by atoms with Crippen molar-refractivity contribution in [2.45, 2.75) is 24.8 Å². The second-order valence-electron chi connectivity index (χ2n) is 7.81.